The summed E-state index contributed by atoms with van der Waals surface area (Å²) in [6.45, 7) is 8.34. The van der Waals surface area contributed by atoms with Crippen molar-refractivity contribution in [3.63, 3.8) is 0 Å². The lowest BCUT2D eigenvalue weighted by Crippen LogP contribution is -3.03. The highest BCUT2D eigenvalue weighted by molar-refractivity contribution is 7.16. The minimum Gasteiger partial charge on any atom is -0.456 e. The number of fused-ring (bicyclic) bond motifs is 3. The minimum absolute atomic E-state index is 0.0142. The average molecular weight is 431 g/mol. The molecule has 1 aromatic heterocycles. The van der Waals surface area contributed by atoms with Crippen molar-refractivity contribution in [2.45, 2.75) is 77.3 Å². The number of rotatable bonds is 5. The zero-order chi connectivity index (χ0) is 21.7. The number of amides is 1. The molecular weight excluding hydrogens is 398 g/mol. The molecule has 0 aromatic carbocycles. The van der Waals surface area contributed by atoms with Gasteiger partial charge in [-0.05, 0) is 70.3 Å². The zero-order valence-corrected chi connectivity index (χ0v) is 19.2. The molecule has 2 heterocycles. The summed E-state index contributed by atoms with van der Waals surface area (Å²) in [6.07, 6.45) is 6.11. The number of carbonyl (C=O) groups excluding carboxylic acids is 2. The van der Waals surface area contributed by atoms with Crippen LogP contribution in [0.15, 0.2) is 0 Å². The van der Waals surface area contributed by atoms with Crippen LogP contribution >= 0.6 is 11.3 Å². The van der Waals surface area contributed by atoms with Crippen LogP contribution in [0.25, 0.3) is 0 Å². The van der Waals surface area contributed by atoms with E-state index in [1.807, 2.05) is 0 Å². The van der Waals surface area contributed by atoms with Crippen LogP contribution in [0.3, 0.4) is 0 Å². The number of nitrogens with two attached hydrogens (primary N) is 1. The number of ether oxygens (including phenoxy) is 1. The van der Waals surface area contributed by atoms with Crippen molar-refractivity contribution in [3.8, 4) is 6.07 Å². The van der Waals surface area contributed by atoms with Gasteiger partial charge in [0.15, 0.2) is 6.61 Å². The third-order valence-electron chi connectivity index (χ3n) is 7.02. The Morgan fingerprint density at radius 3 is 2.67 bits per heavy atom. The van der Waals surface area contributed by atoms with E-state index < -0.39 is 0 Å². The Bertz CT molecular complexity index is 912. The molecule has 0 spiro atoms. The number of thiophene rings is 1. The van der Waals surface area contributed by atoms with Crippen molar-refractivity contribution >= 4 is 28.2 Å². The van der Waals surface area contributed by atoms with Gasteiger partial charge in [-0.15, -0.1) is 11.3 Å². The average Bonchev–Trinajstić information content (AvgIpc) is 3.33. The number of nitrogens with one attached hydrogen (secondary N) is 1. The van der Waals surface area contributed by atoms with Crippen LogP contribution in [-0.2, 0) is 26.3 Å². The summed E-state index contributed by atoms with van der Waals surface area (Å²) in [5.74, 6) is 1.21. The van der Waals surface area contributed by atoms with Crippen molar-refractivity contribution in [3.05, 3.63) is 16.0 Å². The van der Waals surface area contributed by atoms with Crippen LogP contribution < -0.4 is 10.6 Å². The molecule has 2 aliphatic carbocycles. The van der Waals surface area contributed by atoms with Gasteiger partial charge in [-0.3, -0.25) is 9.59 Å². The summed E-state index contributed by atoms with van der Waals surface area (Å²) in [5, 5.41) is 15.5. The van der Waals surface area contributed by atoms with Crippen LogP contribution in [-0.4, -0.2) is 24.0 Å². The van der Waals surface area contributed by atoms with Gasteiger partial charge < -0.3 is 15.4 Å². The maximum atomic E-state index is 12.5. The van der Waals surface area contributed by atoms with Crippen LogP contribution in [0.2, 0.25) is 0 Å². The number of hydrogen-bond acceptors (Lipinski definition) is 5. The van der Waals surface area contributed by atoms with Crippen molar-refractivity contribution in [1.29, 1.82) is 5.26 Å². The third-order valence-corrected chi connectivity index (χ3v) is 8.51. The maximum absolute atomic E-state index is 12.5. The Balaban J connectivity index is 1.37. The number of carbonyl (C=O) groups is 2. The highest BCUT2D eigenvalue weighted by atomic mass is 32.1. The summed E-state index contributed by atoms with van der Waals surface area (Å²) in [4.78, 5) is 25.8. The second-order valence-corrected chi connectivity index (χ2v) is 11.6. The minimum atomic E-state index is -0.382. The van der Waals surface area contributed by atoms with E-state index in [4.69, 9.17) is 4.74 Å². The van der Waals surface area contributed by atoms with Gasteiger partial charge in [0.05, 0.1) is 16.0 Å². The van der Waals surface area contributed by atoms with Crippen LogP contribution in [0.1, 0.15) is 75.8 Å². The fourth-order valence-electron chi connectivity index (χ4n) is 6.12. The molecule has 0 unspecified atom stereocenters. The Morgan fingerprint density at radius 1 is 1.27 bits per heavy atom. The smallest absolute Gasteiger partial charge is 0.306 e. The topological polar surface area (TPSA) is 95.8 Å². The predicted molar refractivity (Wildman–Crippen MR) is 115 cm³/mol. The molecule has 4 rings (SSSR count). The molecule has 2 saturated carbocycles. The monoisotopic (exact) mass is 430 g/mol. The first kappa shape index (κ1) is 21.3. The molecule has 7 heteroatoms. The third kappa shape index (κ3) is 4.13. The molecule has 0 radical (unpaired) electrons. The van der Waals surface area contributed by atoms with Gasteiger partial charge in [0, 0.05) is 12.8 Å². The van der Waals surface area contributed by atoms with Crippen molar-refractivity contribution in [2.75, 3.05) is 11.9 Å². The van der Waals surface area contributed by atoms with E-state index in [-0.39, 0.29) is 29.6 Å². The molecule has 2 bridgehead atoms. The molecule has 0 saturated heterocycles. The van der Waals surface area contributed by atoms with Gasteiger partial charge in [0.25, 0.3) is 5.91 Å². The molecule has 1 aliphatic heterocycles. The molecule has 6 nitrogen and oxygen atoms in total. The summed E-state index contributed by atoms with van der Waals surface area (Å²) in [5.41, 5.74) is 1.40. The Hall–Kier alpha value is -1.91. The lowest BCUT2D eigenvalue weighted by atomic mass is 9.81. The summed E-state index contributed by atoms with van der Waals surface area (Å²) in [6, 6.07) is 2.29. The van der Waals surface area contributed by atoms with E-state index in [9.17, 15) is 14.9 Å². The fraction of sp³-hybridized carbons (Fsp3) is 0.696. The number of anilines is 1. The van der Waals surface area contributed by atoms with E-state index in [1.165, 1.54) is 30.6 Å². The Morgan fingerprint density at radius 2 is 2.03 bits per heavy atom. The van der Waals surface area contributed by atoms with E-state index in [0.717, 1.165) is 29.2 Å². The Kier molecular flexibility index (Phi) is 5.44. The zero-order valence-electron chi connectivity index (χ0n) is 18.3. The largest absolute Gasteiger partial charge is 0.456 e. The first-order chi connectivity index (χ1) is 14.1. The summed E-state index contributed by atoms with van der Waals surface area (Å²) in [7, 11) is 0. The molecule has 162 valence electrons. The lowest BCUT2D eigenvalue weighted by molar-refractivity contribution is -0.789. The van der Waals surface area contributed by atoms with Crippen molar-refractivity contribution in [2.24, 2.45) is 17.8 Å². The second kappa shape index (κ2) is 7.65. The first-order valence-corrected chi connectivity index (χ1v) is 11.8. The number of nitrogens with zero attached hydrogens (tertiary/aromatic N) is 1. The van der Waals surface area contributed by atoms with Crippen molar-refractivity contribution < 1.29 is 19.6 Å². The molecule has 3 aliphatic rings. The van der Waals surface area contributed by atoms with Crippen LogP contribution in [0, 0.1) is 29.1 Å². The first-order valence-electron chi connectivity index (χ1n) is 11.0. The Labute approximate surface area is 182 Å². The molecule has 1 aromatic rings. The van der Waals surface area contributed by atoms with E-state index in [0.29, 0.717) is 28.8 Å². The number of quaternary nitrogens is 1. The second-order valence-electron chi connectivity index (χ2n) is 10.6. The molecule has 3 atom stereocenters. The molecule has 1 amide bonds. The van der Waals surface area contributed by atoms with Crippen molar-refractivity contribution in [1.82, 2.24) is 0 Å². The van der Waals surface area contributed by atoms with E-state index >= 15 is 0 Å². The number of esters is 1. The maximum Gasteiger partial charge on any atom is 0.306 e. The fourth-order valence-corrected chi connectivity index (χ4v) is 7.38. The van der Waals surface area contributed by atoms with Crippen LogP contribution in [0.5, 0.6) is 0 Å². The van der Waals surface area contributed by atoms with Gasteiger partial charge in [-0.1, -0.05) is 6.42 Å². The quantitative estimate of drug-likeness (QED) is 0.702. The lowest BCUT2D eigenvalue weighted by Gasteiger charge is -2.38. The highest BCUT2D eigenvalue weighted by Crippen LogP contribution is 2.49. The molecule has 3 N–H and O–H groups in total. The molecular formula is C23H32N3O3S+. The van der Waals surface area contributed by atoms with Gasteiger partial charge in [0.2, 0.25) is 0 Å². The summed E-state index contributed by atoms with van der Waals surface area (Å²) >= 11 is 1.46. The highest BCUT2D eigenvalue weighted by Gasteiger charge is 2.44. The molecule has 2 fully saturated rings. The van der Waals surface area contributed by atoms with Gasteiger partial charge in [-0.25, -0.2) is 0 Å². The SMILES string of the molecule is CC1(C)Cc2c(sc(NC(=O)COC(=O)C[C@@H]3C[C@@H]4CC[C@@H]3C4)c2C#N)C(C)(C)[NH2+]1. The van der Waals surface area contributed by atoms with Crippen LogP contribution in [0.4, 0.5) is 5.00 Å². The normalized spacial score (nSPS) is 27.9. The standard InChI is InChI=1S/C23H31N3O3S/c1-22(2)10-16-17(11-24)21(30-20(16)23(3,4)26-22)25-18(27)12-29-19(28)9-15-8-13-5-6-14(15)7-13/h13-15,26H,5-10,12H2,1-4H3,(H,25,27)/p+1/t13-,14-,15+/m1/s1. The number of nitriles is 1. The number of hydrogen-bond donors (Lipinski definition) is 2. The van der Waals surface area contributed by atoms with E-state index in [1.54, 1.807) is 0 Å². The summed E-state index contributed by atoms with van der Waals surface area (Å²) < 4.78 is 5.26. The van der Waals surface area contributed by atoms with Gasteiger partial charge >= 0.3 is 5.97 Å². The molecule has 30 heavy (non-hydrogen) atoms. The van der Waals surface area contributed by atoms with Gasteiger partial charge in [0.1, 0.15) is 16.6 Å². The van der Waals surface area contributed by atoms with Gasteiger partial charge in [-0.2, -0.15) is 5.26 Å². The van der Waals surface area contributed by atoms with E-state index in [2.05, 4.69) is 44.4 Å². The predicted octanol–water partition coefficient (Wildman–Crippen LogP) is 3.06.